The van der Waals surface area contributed by atoms with Gasteiger partial charge in [0.25, 0.3) is 5.69 Å². The van der Waals surface area contributed by atoms with Crippen molar-refractivity contribution in [3.8, 4) is 5.75 Å². The van der Waals surface area contributed by atoms with Gasteiger partial charge in [0.2, 0.25) is 0 Å². The molecule has 0 saturated carbocycles. The molecule has 1 aromatic carbocycles. The SMILES string of the molecule is C1C[C@H]2OCC[C@H]2O1.CC.O=[N+]([O-])c1ccc(O)c(Cl)c1. The smallest absolute Gasteiger partial charge is 0.271 e. The highest BCUT2D eigenvalue weighted by atomic mass is 35.5. The standard InChI is InChI=1S/C6H4ClNO3.C6H10O2.C2H6/c7-5-3-4(8(10)11)1-2-6(5)9;1-3-7-6-2-4-8-5(1)6;1-2/h1-3,9H;5-6H,1-4H2;1-2H3/t;5-,6-;/m.1./s1. The number of fused-ring (bicyclic) bond motifs is 1. The minimum absolute atomic E-state index is 0.0146. The van der Waals surface area contributed by atoms with Crippen LogP contribution < -0.4 is 0 Å². The summed E-state index contributed by atoms with van der Waals surface area (Å²) in [5.41, 5.74) is -0.132. The number of aromatic hydroxyl groups is 1. The summed E-state index contributed by atoms with van der Waals surface area (Å²) in [5, 5.41) is 19.0. The van der Waals surface area contributed by atoms with Crippen LogP contribution in [0.5, 0.6) is 5.75 Å². The van der Waals surface area contributed by atoms with Crippen LogP contribution >= 0.6 is 11.6 Å². The van der Waals surface area contributed by atoms with E-state index in [-0.39, 0.29) is 16.5 Å². The van der Waals surface area contributed by atoms with Gasteiger partial charge in [-0.05, 0) is 18.9 Å². The minimum atomic E-state index is -0.578. The van der Waals surface area contributed by atoms with Gasteiger partial charge >= 0.3 is 0 Å². The summed E-state index contributed by atoms with van der Waals surface area (Å²) in [4.78, 5) is 9.55. The first-order valence-electron chi connectivity index (χ1n) is 6.94. The summed E-state index contributed by atoms with van der Waals surface area (Å²) in [7, 11) is 0. The van der Waals surface area contributed by atoms with Crippen LogP contribution in [0.3, 0.4) is 0 Å². The topological polar surface area (TPSA) is 81.8 Å². The van der Waals surface area contributed by atoms with E-state index in [1.54, 1.807) is 0 Å². The number of nitrogens with zero attached hydrogens (tertiary/aromatic N) is 1. The van der Waals surface area contributed by atoms with Gasteiger partial charge < -0.3 is 14.6 Å². The lowest BCUT2D eigenvalue weighted by atomic mass is 10.2. The summed E-state index contributed by atoms with van der Waals surface area (Å²) in [6, 6.07) is 3.46. The highest BCUT2D eigenvalue weighted by molar-refractivity contribution is 6.32. The maximum absolute atomic E-state index is 10.1. The van der Waals surface area contributed by atoms with Crippen LogP contribution in [-0.4, -0.2) is 35.5 Å². The van der Waals surface area contributed by atoms with Gasteiger partial charge in [0.15, 0.2) is 0 Å². The molecule has 2 aliphatic heterocycles. The molecule has 2 atom stereocenters. The third-order valence-electron chi connectivity index (χ3n) is 3.03. The zero-order chi connectivity index (χ0) is 15.8. The molecule has 2 aliphatic rings. The van der Waals surface area contributed by atoms with E-state index in [1.807, 2.05) is 13.8 Å². The Hall–Kier alpha value is -1.37. The first-order chi connectivity index (χ1) is 10.1. The molecule has 0 bridgehead atoms. The maximum Gasteiger partial charge on any atom is 0.271 e. The molecule has 0 aromatic heterocycles. The Kier molecular flexibility index (Phi) is 7.42. The molecule has 2 heterocycles. The third-order valence-corrected chi connectivity index (χ3v) is 3.33. The van der Waals surface area contributed by atoms with Crippen molar-refractivity contribution in [2.75, 3.05) is 13.2 Å². The lowest BCUT2D eigenvalue weighted by molar-refractivity contribution is -0.384. The van der Waals surface area contributed by atoms with Crippen molar-refractivity contribution in [3.63, 3.8) is 0 Å². The second kappa shape index (κ2) is 8.81. The Bertz CT molecular complexity index is 449. The predicted octanol–water partition coefficient (Wildman–Crippen LogP) is 3.54. The molecule has 0 aliphatic carbocycles. The average Bonchev–Trinajstić information content (AvgIpc) is 3.08. The molecule has 1 N–H and O–H groups in total. The molecule has 21 heavy (non-hydrogen) atoms. The summed E-state index contributed by atoms with van der Waals surface area (Å²) in [6.45, 7) is 5.82. The first-order valence-corrected chi connectivity index (χ1v) is 7.32. The van der Waals surface area contributed by atoms with Crippen LogP contribution in [0.1, 0.15) is 26.7 Å². The summed E-state index contributed by atoms with van der Waals surface area (Å²) < 4.78 is 10.7. The molecule has 3 rings (SSSR count). The van der Waals surface area contributed by atoms with E-state index in [1.165, 1.54) is 12.1 Å². The van der Waals surface area contributed by atoms with Gasteiger partial charge in [-0.15, -0.1) is 0 Å². The quantitative estimate of drug-likeness (QED) is 0.632. The molecular formula is C14H20ClNO5. The van der Waals surface area contributed by atoms with Crippen molar-refractivity contribution in [2.45, 2.75) is 38.9 Å². The minimum Gasteiger partial charge on any atom is -0.506 e. The lowest BCUT2D eigenvalue weighted by Gasteiger charge is -2.03. The van der Waals surface area contributed by atoms with Crippen LogP contribution in [-0.2, 0) is 9.47 Å². The molecule has 118 valence electrons. The first kappa shape index (κ1) is 17.7. The number of phenols is 1. The number of hydrogen-bond acceptors (Lipinski definition) is 5. The van der Waals surface area contributed by atoms with Crippen LogP contribution in [0.15, 0.2) is 18.2 Å². The second-order valence-electron chi connectivity index (χ2n) is 4.29. The van der Waals surface area contributed by atoms with Crippen molar-refractivity contribution in [2.24, 2.45) is 0 Å². The van der Waals surface area contributed by atoms with E-state index in [9.17, 15) is 10.1 Å². The Morgan fingerprint density at radius 2 is 1.76 bits per heavy atom. The number of halogens is 1. The number of benzene rings is 1. The lowest BCUT2D eigenvalue weighted by Crippen LogP contribution is -2.13. The fourth-order valence-electron chi connectivity index (χ4n) is 2.03. The van der Waals surface area contributed by atoms with E-state index >= 15 is 0 Å². The molecule has 0 amide bonds. The Balaban J connectivity index is 0.000000194. The van der Waals surface area contributed by atoms with Crippen molar-refractivity contribution in [1.29, 1.82) is 0 Å². The molecule has 0 unspecified atom stereocenters. The highest BCUT2D eigenvalue weighted by Crippen LogP contribution is 2.27. The van der Waals surface area contributed by atoms with E-state index < -0.39 is 4.92 Å². The molecule has 2 fully saturated rings. The predicted molar refractivity (Wildman–Crippen MR) is 79.8 cm³/mol. The van der Waals surface area contributed by atoms with Gasteiger partial charge in [0, 0.05) is 25.3 Å². The zero-order valence-corrected chi connectivity index (χ0v) is 12.9. The van der Waals surface area contributed by atoms with Gasteiger partial charge in [0.05, 0.1) is 22.2 Å². The number of hydrogen-bond donors (Lipinski definition) is 1. The second-order valence-corrected chi connectivity index (χ2v) is 4.70. The van der Waals surface area contributed by atoms with Gasteiger partial charge in [-0.3, -0.25) is 10.1 Å². The Morgan fingerprint density at radius 1 is 1.24 bits per heavy atom. The largest absolute Gasteiger partial charge is 0.506 e. The maximum atomic E-state index is 10.1. The van der Waals surface area contributed by atoms with Gasteiger partial charge in [-0.2, -0.15) is 0 Å². The number of non-ortho nitro benzene ring substituents is 1. The monoisotopic (exact) mass is 317 g/mol. The highest BCUT2D eigenvalue weighted by Gasteiger charge is 2.33. The summed E-state index contributed by atoms with van der Waals surface area (Å²) in [6.07, 6.45) is 3.14. The molecule has 7 heteroatoms. The molecule has 1 aromatic rings. The Morgan fingerprint density at radius 3 is 2.19 bits per heavy atom. The average molecular weight is 318 g/mol. The van der Waals surface area contributed by atoms with Gasteiger partial charge in [-0.25, -0.2) is 0 Å². The van der Waals surface area contributed by atoms with Crippen LogP contribution in [0.4, 0.5) is 5.69 Å². The number of ether oxygens (including phenoxy) is 2. The molecule has 2 saturated heterocycles. The van der Waals surface area contributed by atoms with Gasteiger partial charge in [-0.1, -0.05) is 25.4 Å². The van der Waals surface area contributed by atoms with E-state index in [0.29, 0.717) is 12.2 Å². The van der Waals surface area contributed by atoms with Crippen molar-refractivity contribution >= 4 is 17.3 Å². The molecular weight excluding hydrogens is 298 g/mol. The van der Waals surface area contributed by atoms with E-state index in [2.05, 4.69) is 0 Å². The Labute approximate surface area is 128 Å². The molecule has 0 radical (unpaired) electrons. The number of nitro groups is 1. The number of nitro benzene ring substituents is 1. The van der Waals surface area contributed by atoms with Crippen LogP contribution in [0.2, 0.25) is 5.02 Å². The third kappa shape index (κ3) is 5.15. The van der Waals surface area contributed by atoms with Crippen LogP contribution in [0, 0.1) is 10.1 Å². The van der Waals surface area contributed by atoms with E-state index in [0.717, 1.165) is 32.1 Å². The molecule has 6 nitrogen and oxygen atoms in total. The van der Waals surface area contributed by atoms with E-state index in [4.69, 9.17) is 26.2 Å². The number of rotatable bonds is 1. The summed E-state index contributed by atoms with van der Waals surface area (Å²) in [5.74, 6) is -0.155. The molecule has 0 spiro atoms. The fourth-order valence-corrected chi connectivity index (χ4v) is 2.21. The van der Waals surface area contributed by atoms with Crippen molar-refractivity contribution in [1.82, 2.24) is 0 Å². The number of phenolic OH excluding ortho intramolecular Hbond substituents is 1. The zero-order valence-electron chi connectivity index (χ0n) is 12.1. The van der Waals surface area contributed by atoms with Crippen molar-refractivity contribution in [3.05, 3.63) is 33.3 Å². The fraction of sp³-hybridized carbons (Fsp3) is 0.571. The summed E-state index contributed by atoms with van der Waals surface area (Å²) >= 11 is 5.40. The van der Waals surface area contributed by atoms with Crippen LogP contribution in [0.25, 0.3) is 0 Å². The normalized spacial score (nSPS) is 22.4. The van der Waals surface area contributed by atoms with Gasteiger partial charge in [0.1, 0.15) is 5.75 Å². The van der Waals surface area contributed by atoms with Crippen molar-refractivity contribution < 1.29 is 19.5 Å².